The molecule has 0 fully saturated rings. The van der Waals surface area contributed by atoms with Crippen molar-refractivity contribution < 1.29 is 28.7 Å². The molecule has 10 heteroatoms. The number of ether oxygens (including phenoxy) is 3. The van der Waals surface area contributed by atoms with Crippen LogP contribution in [-0.2, 0) is 14.3 Å². The molecule has 0 N–H and O–H groups in total. The maximum absolute atomic E-state index is 12.1. The van der Waals surface area contributed by atoms with E-state index in [-0.39, 0.29) is 40.2 Å². The lowest BCUT2D eigenvalue weighted by Crippen LogP contribution is -2.09. The Morgan fingerprint density at radius 2 is 2.00 bits per heavy atom. The number of nitro groups is 1. The number of rotatable bonds is 5. The van der Waals surface area contributed by atoms with Gasteiger partial charge in [-0.15, -0.1) is 0 Å². The van der Waals surface area contributed by atoms with Gasteiger partial charge in [-0.2, -0.15) is 0 Å². The van der Waals surface area contributed by atoms with Gasteiger partial charge < -0.3 is 14.2 Å². The molecule has 3 rings (SSSR count). The smallest absolute Gasteiger partial charge is 0.434 e. The standard InChI is InChI=1S/C19H13ClN2O7/c1-2-27-19(24)28-13-6-3-11(4-7-13)9-15-18(23)29-17(21-15)12-5-8-14(20)16(10-12)22(25)26/h3-10H,2H2,1H3. The fourth-order valence-electron chi connectivity index (χ4n) is 2.35. The Hall–Kier alpha value is -3.72. The molecule has 0 radical (unpaired) electrons. The largest absolute Gasteiger partial charge is 0.513 e. The van der Waals surface area contributed by atoms with Crippen LogP contribution in [0.15, 0.2) is 53.2 Å². The van der Waals surface area contributed by atoms with E-state index in [4.69, 9.17) is 21.1 Å². The summed E-state index contributed by atoms with van der Waals surface area (Å²) in [7, 11) is 0. The number of benzene rings is 2. The maximum atomic E-state index is 12.1. The first-order valence-corrected chi connectivity index (χ1v) is 8.66. The molecule has 9 nitrogen and oxygen atoms in total. The highest BCUT2D eigenvalue weighted by atomic mass is 35.5. The number of aliphatic imine (C=N–C) groups is 1. The van der Waals surface area contributed by atoms with Crippen LogP contribution in [0, 0.1) is 10.1 Å². The predicted molar refractivity (Wildman–Crippen MR) is 103 cm³/mol. The molecular formula is C19H13ClN2O7. The van der Waals surface area contributed by atoms with Crippen molar-refractivity contribution in [3.63, 3.8) is 0 Å². The third kappa shape index (κ3) is 4.77. The van der Waals surface area contributed by atoms with Crippen molar-refractivity contribution in [1.29, 1.82) is 0 Å². The number of cyclic esters (lactones) is 1. The summed E-state index contributed by atoms with van der Waals surface area (Å²) in [6, 6.07) is 10.2. The number of hydrogen-bond acceptors (Lipinski definition) is 8. The first-order chi connectivity index (χ1) is 13.9. The van der Waals surface area contributed by atoms with Gasteiger partial charge in [0.1, 0.15) is 10.8 Å². The second kappa shape index (κ2) is 8.53. The minimum absolute atomic E-state index is 0.0108. The first-order valence-electron chi connectivity index (χ1n) is 8.29. The van der Waals surface area contributed by atoms with Crippen molar-refractivity contribution >= 4 is 41.4 Å². The van der Waals surface area contributed by atoms with Gasteiger partial charge >= 0.3 is 12.1 Å². The highest BCUT2D eigenvalue weighted by molar-refractivity contribution is 6.32. The SMILES string of the molecule is CCOC(=O)Oc1ccc(C=C2N=C(c3ccc(Cl)c([N+](=O)[O-])c3)OC2=O)cc1. The summed E-state index contributed by atoms with van der Waals surface area (Å²) in [6.45, 7) is 1.86. The van der Waals surface area contributed by atoms with E-state index in [0.717, 1.165) is 0 Å². The summed E-state index contributed by atoms with van der Waals surface area (Å²) < 4.78 is 14.7. The molecule has 0 aliphatic carbocycles. The molecule has 29 heavy (non-hydrogen) atoms. The van der Waals surface area contributed by atoms with Crippen LogP contribution in [0.2, 0.25) is 5.02 Å². The monoisotopic (exact) mass is 416 g/mol. The summed E-state index contributed by atoms with van der Waals surface area (Å²) in [6.07, 6.45) is 0.651. The minimum atomic E-state index is -0.815. The second-order valence-electron chi connectivity index (χ2n) is 5.61. The highest BCUT2D eigenvalue weighted by Crippen LogP contribution is 2.27. The zero-order valence-electron chi connectivity index (χ0n) is 15.0. The molecule has 0 unspecified atom stereocenters. The number of carbonyl (C=O) groups is 2. The van der Waals surface area contributed by atoms with Gasteiger partial charge in [0.05, 0.1) is 11.5 Å². The van der Waals surface area contributed by atoms with Crippen LogP contribution < -0.4 is 4.74 Å². The van der Waals surface area contributed by atoms with Gasteiger partial charge in [0, 0.05) is 11.6 Å². The summed E-state index contributed by atoms with van der Waals surface area (Å²) >= 11 is 5.78. The Labute approximate surface area is 169 Å². The van der Waals surface area contributed by atoms with E-state index in [0.29, 0.717) is 5.56 Å². The number of halogens is 1. The van der Waals surface area contributed by atoms with Gasteiger partial charge in [-0.1, -0.05) is 23.7 Å². The van der Waals surface area contributed by atoms with Crippen LogP contribution in [0.3, 0.4) is 0 Å². The van der Waals surface area contributed by atoms with Crippen LogP contribution in [0.4, 0.5) is 10.5 Å². The van der Waals surface area contributed by atoms with Crippen molar-refractivity contribution in [2.24, 2.45) is 4.99 Å². The Morgan fingerprint density at radius 3 is 2.66 bits per heavy atom. The lowest BCUT2D eigenvalue weighted by molar-refractivity contribution is -0.384. The normalized spacial score (nSPS) is 14.3. The van der Waals surface area contributed by atoms with Crippen molar-refractivity contribution in [2.75, 3.05) is 6.61 Å². The zero-order chi connectivity index (χ0) is 21.0. The molecular weight excluding hydrogens is 404 g/mol. The van der Waals surface area contributed by atoms with Crippen LogP contribution in [0.5, 0.6) is 5.75 Å². The molecule has 0 amide bonds. The molecule has 0 saturated heterocycles. The van der Waals surface area contributed by atoms with Crippen LogP contribution >= 0.6 is 11.6 Å². The molecule has 1 aliphatic heterocycles. The molecule has 0 bridgehead atoms. The summed E-state index contributed by atoms with van der Waals surface area (Å²) in [5.41, 5.74) is 0.533. The van der Waals surface area contributed by atoms with Gasteiger partial charge in [-0.3, -0.25) is 10.1 Å². The topological polar surface area (TPSA) is 117 Å². The fraction of sp³-hybridized carbons (Fsp3) is 0.105. The van der Waals surface area contributed by atoms with Crippen LogP contribution in [0.1, 0.15) is 18.1 Å². The summed E-state index contributed by atoms with van der Waals surface area (Å²) in [4.78, 5) is 37.8. The van der Waals surface area contributed by atoms with Crippen LogP contribution in [0.25, 0.3) is 6.08 Å². The number of esters is 1. The van der Waals surface area contributed by atoms with E-state index in [1.165, 1.54) is 36.4 Å². The van der Waals surface area contributed by atoms with Crippen molar-refractivity contribution in [3.05, 3.63) is 74.4 Å². The molecule has 2 aromatic carbocycles. The molecule has 0 aromatic heterocycles. The molecule has 1 heterocycles. The first kappa shape index (κ1) is 20.0. The molecule has 2 aromatic rings. The van der Waals surface area contributed by atoms with Crippen molar-refractivity contribution in [1.82, 2.24) is 0 Å². The van der Waals surface area contributed by atoms with E-state index in [1.807, 2.05) is 0 Å². The third-order valence-electron chi connectivity index (χ3n) is 3.66. The maximum Gasteiger partial charge on any atom is 0.513 e. The number of hydrogen-bond donors (Lipinski definition) is 0. The quantitative estimate of drug-likeness (QED) is 0.236. The highest BCUT2D eigenvalue weighted by Gasteiger charge is 2.26. The van der Waals surface area contributed by atoms with Gasteiger partial charge in [0.25, 0.3) is 5.69 Å². The lowest BCUT2D eigenvalue weighted by Gasteiger charge is -2.03. The fourth-order valence-corrected chi connectivity index (χ4v) is 2.54. The Bertz CT molecular complexity index is 1050. The molecule has 0 atom stereocenters. The van der Waals surface area contributed by atoms with Gasteiger partial charge in [0.15, 0.2) is 5.70 Å². The van der Waals surface area contributed by atoms with Crippen molar-refractivity contribution in [3.8, 4) is 5.75 Å². The lowest BCUT2D eigenvalue weighted by atomic mass is 10.2. The predicted octanol–water partition coefficient (Wildman–Crippen LogP) is 4.13. The second-order valence-corrected chi connectivity index (χ2v) is 6.02. The Kier molecular flexibility index (Phi) is 5.89. The number of nitro benzene ring substituents is 1. The van der Waals surface area contributed by atoms with Gasteiger partial charge in [-0.05, 0) is 42.8 Å². The van der Waals surface area contributed by atoms with E-state index < -0.39 is 17.0 Å². The van der Waals surface area contributed by atoms with E-state index in [1.54, 1.807) is 19.1 Å². The van der Waals surface area contributed by atoms with E-state index in [2.05, 4.69) is 9.73 Å². The summed E-state index contributed by atoms with van der Waals surface area (Å²) in [5.74, 6) is -0.495. The minimum Gasteiger partial charge on any atom is -0.434 e. The Balaban J connectivity index is 1.81. The van der Waals surface area contributed by atoms with Gasteiger partial charge in [0.2, 0.25) is 5.90 Å². The van der Waals surface area contributed by atoms with Gasteiger partial charge in [-0.25, -0.2) is 14.6 Å². The average molecular weight is 417 g/mol. The molecule has 148 valence electrons. The van der Waals surface area contributed by atoms with E-state index >= 15 is 0 Å². The van der Waals surface area contributed by atoms with Crippen molar-refractivity contribution in [2.45, 2.75) is 6.92 Å². The molecule has 1 aliphatic rings. The van der Waals surface area contributed by atoms with Crippen LogP contribution in [-0.4, -0.2) is 29.6 Å². The van der Waals surface area contributed by atoms with E-state index in [9.17, 15) is 19.7 Å². The summed E-state index contributed by atoms with van der Waals surface area (Å²) in [5, 5.41) is 11.0. The third-order valence-corrected chi connectivity index (χ3v) is 3.98. The molecule has 0 spiro atoms. The number of carbonyl (C=O) groups excluding carboxylic acids is 2. The number of nitrogens with zero attached hydrogens (tertiary/aromatic N) is 2. The average Bonchev–Trinajstić information content (AvgIpc) is 3.04. The zero-order valence-corrected chi connectivity index (χ0v) is 15.7. The molecule has 0 saturated carbocycles. The Morgan fingerprint density at radius 1 is 1.28 bits per heavy atom.